The molecule has 8 nitrogen and oxygen atoms in total. The van der Waals surface area contributed by atoms with E-state index in [1.54, 1.807) is 48.8 Å². The summed E-state index contributed by atoms with van der Waals surface area (Å²) in [6, 6.07) is 13.3. The Kier molecular flexibility index (Phi) is 5.12. The third-order valence-corrected chi connectivity index (χ3v) is 6.20. The predicted molar refractivity (Wildman–Crippen MR) is 110 cm³/mol. The average Bonchev–Trinajstić information content (AvgIpc) is 3.20. The van der Waals surface area contributed by atoms with Crippen LogP contribution in [0.5, 0.6) is 0 Å². The molecular weight excluding hydrogens is 412 g/mol. The zero-order valence-electron chi connectivity index (χ0n) is 15.3. The van der Waals surface area contributed by atoms with E-state index in [0.717, 1.165) is 10.8 Å². The standard InChI is InChI=1S/C19H16N4O4S2/c1-28-19-20-9-10-23(19)14-6-4-5-13(11-14)18(24)27-12-17-21-15-7-2-3-8-16(15)29(25,26)22-17/h2-11H,12H2,1H3,(H,21,22). The number of hydrogen-bond donors (Lipinski definition) is 1. The minimum Gasteiger partial charge on any atom is -0.454 e. The van der Waals surface area contributed by atoms with Crippen molar-refractivity contribution < 1.29 is 17.9 Å². The number of para-hydroxylation sites is 1. The van der Waals surface area contributed by atoms with Crippen LogP contribution >= 0.6 is 11.8 Å². The molecule has 3 aromatic rings. The van der Waals surface area contributed by atoms with Gasteiger partial charge in [0, 0.05) is 18.1 Å². The fraction of sp³-hybridized carbons (Fsp3) is 0.105. The number of fused-ring (bicyclic) bond motifs is 1. The molecule has 0 saturated carbocycles. The molecule has 0 fully saturated rings. The van der Waals surface area contributed by atoms with E-state index in [2.05, 4.69) is 14.7 Å². The summed E-state index contributed by atoms with van der Waals surface area (Å²) in [5.41, 5.74) is 1.51. The Bertz CT molecular complexity index is 1220. The number of esters is 1. The zero-order chi connectivity index (χ0) is 20.4. The van der Waals surface area contributed by atoms with E-state index in [0.29, 0.717) is 11.3 Å². The second-order valence-corrected chi connectivity index (χ2v) is 8.39. The van der Waals surface area contributed by atoms with Crippen molar-refractivity contribution in [3.63, 3.8) is 0 Å². The second kappa shape index (κ2) is 7.72. The highest BCUT2D eigenvalue weighted by Gasteiger charge is 2.25. The first-order valence-corrected chi connectivity index (χ1v) is 11.2. The highest BCUT2D eigenvalue weighted by molar-refractivity contribution is 7.98. The number of nitrogens with one attached hydrogen (secondary N) is 1. The highest BCUT2D eigenvalue weighted by atomic mass is 32.2. The Hall–Kier alpha value is -3.11. The molecule has 1 N–H and O–H groups in total. The summed E-state index contributed by atoms with van der Waals surface area (Å²) >= 11 is 1.49. The van der Waals surface area contributed by atoms with Gasteiger partial charge in [-0.05, 0) is 36.6 Å². The SMILES string of the molecule is CSc1nccn1-c1cccc(C(=O)OCC2=NS(=O)(=O)c3ccccc3N2)c1. The number of sulfonamides is 1. The number of amidine groups is 1. The number of ether oxygens (including phenoxy) is 1. The van der Waals surface area contributed by atoms with Gasteiger partial charge in [0.15, 0.2) is 17.6 Å². The molecule has 4 rings (SSSR count). The maximum Gasteiger partial charge on any atom is 0.338 e. The Morgan fingerprint density at radius 3 is 2.86 bits per heavy atom. The summed E-state index contributed by atoms with van der Waals surface area (Å²) in [6.45, 7) is -0.294. The molecule has 2 heterocycles. The normalized spacial score (nSPS) is 14.4. The quantitative estimate of drug-likeness (QED) is 0.492. The molecule has 0 saturated heterocycles. The number of anilines is 1. The van der Waals surface area contributed by atoms with Gasteiger partial charge in [0.2, 0.25) is 0 Å². The van der Waals surface area contributed by atoms with Gasteiger partial charge in [0.25, 0.3) is 10.0 Å². The van der Waals surface area contributed by atoms with Crippen molar-refractivity contribution in [1.82, 2.24) is 9.55 Å². The average molecular weight is 428 g/mol. The van der Waals surface area contributed by atoms with E-state index < -0.39 is 16.0 Å². The van der Waals surface area contributed by atoms with Gasteiger partial charge < -0.3 is 10.1 Å². The first-order valence-electron chi connectivity index (χ1n) is 8.53. The van der Waals surface area contributed by atoms with Crippen LogP contribution in [-0.4, -0.2) is 42.6 Å². The number of carbonyl (C=O) groups excluding carboxylic acids is 1. The molecule has 0 bridgehead atoms. The van der Waals surface area contributed by atoms with Crippen molar-refractivity contribution in [2.45, 2.75) is 10.1 Å². The third kappa shape index (κ3) is 3.89. The van der Waals surface area contributed by atoms with Crippen molar-refractivity contribution in [2.75, 3.05) is 18.2 Å². The van der Waals surface area contributed by atoms with Gasteiger partial charge in [-0.1, -0.05) is 30.0 Å². The first-order chi connectivity index (χ1) is 14.0. The van der Waals surface area contributed by atoms with E-state index in [9.17, 15) is 13.2 Å². The van der Waals surface area contributed by atoms with Crippen LogP contribution in [0.15, 0.2) is 75.4 Å². The number of hydrogen-bond acceptors (Lipinski definition) is 7. The molecule has 1 aliphatic heterocycles. The van der Waals surface area contributed by atoms with Crippen molar-refractivity contribution in [3.05, 3.63) is 66.5 Å². The zero-order valence-corrected chi connectivity index (χ0v) is 16.9. The summed E-state index contributed by atoms with van der Waals surface area (Å²) in [5.74, 6) is -0.536. The number of carbonyl (C=O) groups is 1. The number of rotatable bonds is 5. The maximum absolute atomic E-state index is 12.5. The largest absolute Gasteiger partial charge is 0.454 e. The molecule has 0 radical (unpaired) electrons. The maximum atomic E-state index is 12.5. The van der Waals surface area contributed by atoms with Gasteiger partial charge in [-0.25, -0.2) is 9.78 Å². The molecule has 2 aromatic carbocycles. The molecule has 1 aromatic heterocycles. The van der Waals surface area contributed by atoms with Gasteiger partial charge in [-0.3, -0.25) is 4.57 Å². The van der Waals surface area contributed by atoms with E-state index in [1.165, 1.54) is 17.8 Å². The van der Waals surface area contributed by atoms with E-state index >= 15 is 0 Å². The number of aromatic nitrogens is 2. The molecule has 148 valence electrons. The lowest BCUT2D eigenvalue weighted by atomic mass is 10.2. The van der Waals surface area contributed by atoms with Crippen LogP contribution in [0.25, 0.3) is 5.69 Å². The minimum absolute atomic E-state index is 0.0486. The molecular formula is C19H16N4O4S2. The first kappa shape index (κ1) is 19.2. The van der Waals surface area contributed by atoms with E-state index in [1.807, 2.05) is 16.9 Å². The third-order valence-electron chi connectivity index (χ3n) is 4.16. The predicted octanol–water partition coefficient (Wildman–Crippen LogP) is 2.96. The van der Waals surface area contributed by atoms with E-state index in [-0.39, 0.29) is 17.3 Å². The Balaban J connectivity index is 1.50. The molecule has 10 heteroatoms. The molecule has 0 spiro atoms. The summed E-state index contributed by atoms with van der Waals surface area (Å²) in [6.07, 6.45) is 5.41. The van der Waals surface area contributed by atoms with Crippen LogP contribution in [0.2, 0.25) is 0 Å². The molecule has 1 aliphatic rings. The Morgan fingerprint density at radius 1 is 1.21 bits per heavy atom. The van der Waals surface area contributed by atoms with Crippen LogP contribution in [0.1, 0.15) is 10.4 Å². The fourth-order valence-corrected chi connectivity index (χ4v) is 4.53. The molecule has 0 aliphatic carbocycles. The van der Waals surface area contributed by atoms with Crippen LogP contribution < -0.4 is 5.32 Å². The summed E-state index contributed by atoms with van der Waals surface area (Å²) in [5, 5.41) is 3.68. The highest BCUT2D eigenvalue weighted by Crippen LogP contribution is 2.26. The van der Waals surface area contributed by atoms with E-state index in [4.69, 9.17) is 4.74 Å². The Labute approximate surface area is 171 Å². The number of imidazole rings is 1. The topological polar surface area (TPSA) is 103 Å². The summed E-state index contributed by atoms with van der Waals surface area (Å²) < 4.78 is 35.3. The molecule has 0 atom stereocenters. The lowest BCUT2D eigenvalue weighted by Gasteiger charge is -2.17. The van der Waals surface area contributed by atoms with Crippen LogP contribution in [-0.2, 0) is 14.8 Å². The monoisotopic (exact) mass is 428 g/mol. The van der Waals surface area contributed by atoms with Crippen molar-refractivity contribution in [2.24, 2.45) is 4.40 Å². The molecule has 0 unspecified atom stereocenters. The van der Waals surface area contributed by atoms with Crippen LogP contribution in [0.4, 0.5) is 5.69 Å². The summed E-state index contributed by atoms with van der Waals surface area (Å²) in [4.78, 5) is 16.8. The van der Waals surface area contributed by atoms with Crippen molar-refractivity contribution in [3.8, 4) is 5.69 Å². The number of nitrogens with zero attached hydrogens (tertiary/aromatic N) is 3. The molecule has 0 amide bonds. The smallest absolute Gasteiger partial charge is 0.338 e. The Morgan fingerprint density at radius 2 is 2.03 bits per heavy atom. The van der Waals surface area contributed by atoms with Gasteiger partial charge in [-0.15, -0.1) is 4.40 Å². The van der Waals surface area contributed by atoms with Gasteiger partial charge in [0.1, 0.15) is 4.90 Å². The number of thioether (sulfide) groups is 1. The van der Waals surface area contributed by atoms with Crippen molar-refractivity contribution in [1.29, 1.82) is 0 Å². The summed E-state index contributed by atoms with van der Waals surface area (Å²) in [7, 11) is -3.83. The van der Waals surface area contributed by atoms with Gasteiger partial charge >= 0.3 is 5.97 Å². The molecule has 29 heavy (non-hydrogen) atoms. The number of benzene rings is 2. The van der Waals surface area contributed by atoms with Gasteiger partial charge in [-0.2, -0.15) is 8.42 Å². The van der Waals surface area contributed by atoms with Gasteiger partial charge in [0.05, 0.1) is 11.3 Å². The lowest BCUT2D eigenvalue weighted by molar-refractivity contribution is 0.0563. The minimum atomic E-state index is -3.83. The van der Waals surface area contributed by atoms with Crippen LogP contribution in [0, 0.1) is 0 Å². The van der Waals surface area contributed by atoms with Crippen LogP contribution in [0.3, 0.4) is 0 Å². The van der Waals surface area contributed by atoms with Crippen molar-refractivity contribution >= 4 is 39.3 Å². The lowest BCUT2D eigenvalue weighted by Crippen LogP contribution is -2.27. The fourth-order valence-electron chi connectivity index (χ4n) is 2.87. The second-order valence-electron chi connectivity index (χ2n) is 6.04.